The number of nitrogens with two attached hydrogens (primary N) is 1. The molecule has 4 heteroatoms. The molecule has 0 bridgehead atoms. The Morgan fingerprint density at radius 1 is 1.12 bits per heavy atom. The van der Waals surface area contributed by atoms with Gasteiger partial charge in [-0.15, -0.1) is 0 Å². The highest BCUT2D eigenvalue weighted by Gasteiger charge is 2.26. The highest BCUT2D eigenvalue weighted by Crippen LogP contribution is 2.22. The van der Waals surface area contributed by atoms with Gasteiger partial charge in [0.05, 0.1) is 13.0 Å². The van der Waals surface area contributed by atoms with Gasteiger partial charge < -0.3 is 15.4 Å². The number of ether oxygens (including phenoxy) is 1. The van der Waals surface area contributed by atoms with E-state index in [0.29, 0.717) is 13.1 Å². The fourth-order valence-corrected chi connectivity index (χ4v) is 2.70. The topological polar surface area (TPSA) is 55.6 Å². The Kier molecular flexibility index (Phi) is 6.38. The maximum atomic E-state index is 12.8. The highest BCUT2D eigenvalue weighted by atomic mass is 16.5. The summed E-state index contributed by atoms with van der Waals surface area (Å²) >= 11 is 0. The summed E-state index contributed by atoms with van der Waals surface area (Å²) in [6, 6.07) is 17.3. The van der Waals surface area contributed by atoms with Crippen molar-refractivity contribution in [3.05, 3.63) is 65.7 Å². The van der Waals surface area contributed by atoms with E-state index in [1.165, 1.54) is 0 Å². The molecule has 0 spiro atoms. The Balaban J connectivity index is 2.06. The Labute approximate surface area is 144 Å². The lowest BCUT2D eigenvalue weighted by molar-refractivity contribution is -0.136. The van der Waals surface area contributed by atoms with Gasteiger partial charge >= 0.3 is 0 Å². The SMILES string of the molecule is CCN(Cc1ccc(OC)cc1)C(=O)C(C)C(N)c1ccccc1. The van der Waals surface area contributed by atoms with Crippen molar-refractivity contribution in [2.45, 2.75) is 26.4 Å². The van der Waals surface area contributed by atoms with E-state index in [1.807, 2.05) is 73.3 Å². The zero-order chi connectivity index (χ0) is 17.5. The molecule has 0 aliphatic heterocycles. The summed E-state index contributed by atoms with van der Waals surface area (Å²) in [5, 5.41) is 0. The van der Waals surface area contributed by atoms with Crippen molar-refractivity contribution in [1.29, 1.82) is 0 Å². The standard InChI is InChI=1S/C20H26N2O2/c1-4-22(14-16-10-12-18(24-3)13-11-16)20(23)15(2)19(21)17-8-6-5-7-9-17/h5-13,15,19H,4,14,21H2,1-3H3. The number of hydrogen-bond acceptors (Lipinski definition) is 3. The number of carbonyl (C=O) groups excluding carboxylic acids is 1. The molecule has 0 aliphatic carbocycles. The van der Waals surface area contributed by atoms with E-state index in [-0.39, 0.29) is 17.9 Å². The molecule has 4 nitrogen and oxygen atoms in total. The van der Waals surface area contributed by atoms with Crippen LogP contribution in [0.4, 0.5) is 0 Å². The second kappa shape index (κ2) is 8.50. The monoisotopic (exact) mass is 326 g/mol. The van der Waals surface area contributed by atoms with Crippen LogP contribution in [-0.2, 0) is 11.3 Å². The smallest absolute Gasteiger partial charge is 0.227 e. The predicted octanol–water partition coefficient (Wildman–Crippen LogP) is 3.38. The number of rotatable bonds is 7. The molecule has 2 aromatic rings. The van der Waals surface area contributed by atoms with Crippen molar-refractivity contribution in [3.63, 3.8) is 0 Å². The lowest BCUT2D eigenvalue weighted by Crippen LogP contribution is -2.38. The van der Waals surface area contributed by atoms with Gasteiger partial charge in [-0.2, -0.15) is 0 Å². The van der Waals surface area contributed by atoms with Gasteiger partial charge in [-0.05, 0) is 30.2 Å². The largest absolute Gasteiger partial charge is 0.497 e. The predicted molar refractivity (Wildman–Crippen MR) is 96.6 cm³/mol. The molecule has 2 rings (SSSR count). The van der Waals surface area contributed by atoms with Crippen LogP contribution in [-0.4, -0.2) is 24.5 Å². The molecule has 24 heavy (non-hydrogen) atoms. The second-order valence-electron chi connectivity index (χ2n) is 5.93. The first-order chi connectivity index (χ1) is 11.6. The zero-order valence-electron chi connectivity index (χ0n) is 14.6. The molecule has 0 saturated carbocycles. The normalized spacial score (nSPS) is 13.2. The Hall–Kier alpha value is -2.33. The molecule has 0 saturated heterocycles. The van der Waals surface area contributed by atoms with Crippen molar-refractivity contribution < 1.29 is 9.53 Å². The molecule has 2 unspecified atom stereocenters. The summed E-state index contributed by atoms with van der Waals surface area (Å²) in [6.45, 7) is 5.11. The van der Waals surface area contributed by atoms with Gasteiger partial charge in [-0.1, -0.05) is 49.4 Å². The van der Waals surface area contributed by atoms with Crippen LogP contribution in [0.1, 0.15) is 31.0 Å². The number of nitrogens with zero attached hydrogens (tertiary/aromatic N) is 1. The Morgan fingerprint density at radius 3 is 2.29 bits per heavy atom. The molecule has 1 amide bonds. The van der Waals surface area contributed by atoms with Crippen LogP contribution in [0.25, 0.3) is 0 Å². The van der Waals surface area contributed by atoms with Crippen molar-refractivity contribution >= 4 is 5.91 Å². The Morgan fingerprint density at radius 2 is 1.75 bits per heavy atom. The summed E-state index contributed by atoms with van der Waals surface area (Å²) in [5.41, 5.74) is 8.36. The fraction of sp³-hybridized carbons (Fsp3) is 0.350. The molecular formula is C20H26N2O2. The summed E-state index contributed by atoms with van der Waals surface area (Å²) < 4.78 is 5.17. The maximum Gasteiger partial charge on any atom is 0.227 e. The number of hydrogen-bond donors (Lipinski definition) is 1. The van der Waals surface area contributed by atoms with Gasteiger partial charge in [0.1, 0.15) is 5.75 Å². The minimum atomic E-state index is -0.302. The second-order valence-corrected chi connectivity index (χ2v) is 5.93. The van der Waals surface area contributed by atoms with Gasteiger partial charge in [0.15, 0.2) is 0 Å². The van der Waals surface area contributed by atoms with Gasteiger partial charge in [0.2, 0.25) is 5.91 Å². The maximum absolute atomic E-state index is 12.8. The molecule has 2 aromatic carbocycles. The molecular weight excluding hydrogens is 300 g/mol. The van der Waals surface area contributed by atoms with E-state index in [0.717, 1.165) is 16.9 Å². The first-order valence-electron chi connectivity index (χ1n) is 8.29. The quantitative estimate of drug-likeness (QED) is 0.848. The van der Waals surface area contributed by atoms with Crippen molar-refractivity contribution in [2.75, 3.05) is 13.7 Å². The van der Waals surface area contributed by atoms with Crippen molar-refractivity contribution in [1.82, 2.24) is 4.90 Å². The third kappa shape index (κ3) is 4.36. The minimum Gasteiger partial charge on any atom is -0.497 e. The van der Waals surface area contributed by atoms with Crippen LogP contribution in [0.2, 0.25) is 0 Å². The summed E-state index contributed by atoms with van der Waals surface area (Å²) in [6.07, 6.45) is 0. The van der Waals surface area contributed by atoms with E-state index in [4.69, 9.17) is 10.5 Å². The van der Waals surface area contributed by atoms with Crippen molar-refractivity contribution in [3.8, 4) is 5.75 Å². The third-order valence-electron chi connectivity index (χ3n) is 4.34. The summed E-state index contributed by atoms with van der Waals surface area (Å²) in [4.78, 5) is 14.7. The molecule has 0 aromatic heterocycles. The van der Waals surface area contributed by atoms with E-state index in [2.05, 4.69) is 0 Å². The summed E-state index contributed by atoms with van der Waals surface area (Å²) in [7, 11) is 1.64. The van der Waals surface area contributed by atoms with Crippen LogP contribution in [0.15, 0.2) is 54.6 Å². The molecule has 0 aliphatic rings. The number of benzene rings is 2. The van der Waals surface area contributed by atoms with E-state index < -0.39 is 0 Å². The lowest BCUT2D eigenvalue weighted by Gasteiger charge is -2.28. The minimum absolute atomic E-state index is 0.0738. The van der Waals surface area contributed by atoms with Crippen LogP contribution in [0, 0.1) is 5.92 Å². The number of methoxy groups -OCH3 is 1. The first kappa shape index (κ1) is 18.0. The fourth-order valence-electron chi connectivity index (χ4n) is 2.70. The van der Waals surface area contributed by atoms with Crippen LogP contribution in [0.3, 0.4) is 0 Å². The van der Waals surface area contributed by atoms with Crippen molar-refractivity contribution in [2.24, 2.45) is 11.7 Å². The van der Waals surface area contributed by atoms with E-state index >= 15 is 0 Å². The third-order valence-corrected chi connectivity index (χ3v) is 4.34. The molecule has 0 radical (unpaired) electrons. The van der Waals surface area contributed by atoms with E-state index in [1.54, 1.807) is 7.11 Å². The van der Waals surface area contributed by atoms with Gasteiger partial charge in [-0.25, -0.2) is 0 Å². The number of amides is 1. The van der Waals surface area contributed by atoms with Gasteiger partial charge in [-0.3, -0.25) is 4.79 Å². The Bertz CT molecular complexity index is 640. The van der Waals surface area contributed by atoms with Gasteiger partial charge in [0, 0.05) is 19.1 Å². The average Bonchev–Trinajstić information content (AvgIpc) is 2.65. The highest BCUT2D eigenvalue weighted by molar-refractivity contribution is 5.79. The average molecular weight is 326 g/mol. The van der Waals surface area contributed by atoms with Crippen LogP contribution < -0.4 is 10.5 Å². The molecule has 0 fully saturated rings. The van der Waals surface area contributed by atoms with E-state index in [9.17, 15) is 4.79 Å². The first-order valence-corrected chi connectivity index (χ1v) is 8.29. The number of carbonyl (C=O) groups is 1. The summed E-state index contributed by atoms with van der Waals surface area (Å²) in [5.74, 6) is 0.614. The van der Waals surface area contributed by atoms with Crippen LogP contribution in [0.5, 0.6) is 5.75 Å². The molecule has 2 atom stereocenters. The van der Waals surface area contributed by atoms with Gasteiger partial charge in [0.25, 0.3) is 0 Å². The lowest BCUT2D eigenvalue weighted by atomic mass is 9.94. The zero-order valence-corrected chi connectivity index (χ0v) is 14.6. The van der Waals surface area contributed by atoms with Crippen LogP contribution >= 0.6 is 0 Å². The molecule has 0 heterocycles. The molecule has 128 valence electrons. The molecule has 2 N–H and O–H groups in total.